The van der Waals surface area contributed by atoms with Crippen LogP contribution >= 0.6 is 0 Å². The van der Waals surface area contributed by atoms with Crippen molar-refractivity contribution in [3.63, 3.8) is 0 Å². The quantitative estimate of drug-likeness (QED) is 0.115. The number of benzene rings is 2. The smallest absolute Gasteiger partial charge is 0.870 e. The molecule has 14 nitrogen and oxygen atoms in total. The van der Waals surface area contributed by atoms with Gasteiger partial charge in [0.1, 0.15) is 19.8 Å². The average molecular weight is 740 g/mol. The van der Waals surface area contributed by atoms with Crippen molar-refractivity contribution in [2.24, 2.45) is 0 Å². The van der Waals surface area contributed by atoms with Gasteiger partial charge >= 0.3 is 87.8 Å². The van der Waals surface area contributed by atoms with Gasteiger partial charge in [-0.15, -0.1) is 0 Å². The largest absolute Gasteiger partial charge is 1.00 e. The monoisotopic (exact) mass is 739 g/mol. The first-order valence-electron chi connectivity index (χ1n) is 15.3. The van der Waals surface area contributed by atoms with Gasteiger partial charge in [0.05, 0.1) is 12.7 Å². The third-order valence-electron chi connectivity index (χ3n) is 6.08. The minimum absolute atomic E-state index is 0. The van der Waals surface area contributed by atoms with Gasteiger partial charge in [0.25, 0.3) is 0 Å². The minimum atomic E-state index is -0.491. The van der Waals surface area contributed by atoms with Crippen molar-refractivity contribution in [2.75, 3.05) is 26.4 Å². The number of carbonyl (C=O) groups is 6. The molecule has 0 radical (unpaired) electrons. The van der Waals surface area contributed by atoms with E-state index in [1.54, 1.807) is 45.0 Å². The zero-order chi connectivity index (χ0) is 37.4. The van der Waals surface area contributed by atoms with Gasteiger partial charge in [-0.2, -0.15) is 0 Å². The summed E-state index contributed by atoms with van der Waals surface area (Å²) in [6, 6.07) is 14.1. The molecule has 1 atom stereocenters. The predicted octanol–water partition coefficient (Wildman–Crippen LogP) is 1.65. The van der Waals surface area contributed by atoms with E-state index in [4.69, 9.17) is 25.9 Å². The topological polar surface area (TPSA) is 203 Å². The van der Waals surface area contributed by atoms with Crippen LogP contribution in [0, 0.1) is 6.57 Å². The molecule has 1 aliphatic rings. The summed E-state index contributed by atoms with van der Waals surface area (Å²) in [6.45, 7) is 18.1. The van der Waals surface area contributed by atoms with Gasteiger partial charge < -0.3 is 39.1 Å². The molecular weight excluding hydrogens is 693 g/mol. The number of ketones is 1. The van der Waals surface area contributed by atoms with E-state index in [2.05, 4.69) is 14.3 Å². The van der Waals surface area contributed by atoms with Crippen LogP contribution in [0.15, 0.2) is 54.1 Å². The zero-order valence-electron chi connectivity index (χ0n) is 30.5. The van der Waals surface area contributed by atoms with Crippen LogP contribution in [0.3, 0.4) is 0 Å². The van der Waals surface area contributed by atoms with Crippen LogP contribution in [-0.2, 0) is 60.9 Å². The molecule has 0 spiro atoms. The van der Waals surface area contributed by atoms with Crippen molar-refractivity contribution in [1.82, 2.24) is 0 Å². The molecule has 0 saturated carbocycles. The molecule has 2 aromatic carbocycles. The van der Waals surface area contributed by atoms with Crippen LogP contribution in [-0.4, -0.2) is 78.7 Å². The van der Waals surface area contributed by atoms with Crippen LogP contribution in [0.1, 0.15) is 81.9 Å². The number of hydrogen-bond acceptors (Lipinski definition) is 13. The zero-order valence-corrected chi connectivity index (χ0v) is 33.6. The van der Waals surface area contributed by atoms with Crippen molar-refractivity contribution in [1.29, 1.82) is 0 Å². The fourth-order valence-electron chi connectivity index (χ4n) is 3.26. The molecular formula is C36H46KNO13. The maximum atomic E-state index is 11.6. The Labute approximate surface area is 341 Å². The van der Waals surface area contributed by atoms with E-state index in [0.29, 0.717) is 24.4 Å². The molecule has 51 heavy (non-hydrogen) atoms. The molecule has 0 fully saturated rings. The molecule has 1 aliphatic heterocycles. The van der Waals surface area contributed by atoms with Crippen LogP contribution < -0.4 is 51.4 Å². The van der Waals surface area contributed by atoms with E-state index in [1.807, 2.05) is 31.2 Å². The molecule has 2 N–H and O–H groups in total. The van der Waals surface area contributed by atoms with Gasteiger partial charge in [-0.25, -0.2) is 16.2 Å². The molecule has 2 aromatic rings. The number of hydrogen-bond donors (Lipinski definition) is 1. The van der Waals surface area contributed by atoms with Crippen LogP contribution in [0.25, 0.3) is 10.4 Å². The van der Waals surface area contributed by atoms with Crippen LogP contribution in [0.2, 0.25) is 0 Å². The molecule has 0 bridgehead atoms. The Morgan fingerprint density at radius 1 is 0.843 bits per heavy atom. The van der Waals surface area contributed by atoms with Crippen molar-refractivity contribution >= 4 is 41.2 Å². The van der Waals surface area contributed by atoms with E-state index >= 15 is 0 Å². The third kappa shape index (κ3) is 24.9. The SMILES string of the molecule is CC(=O)OCC(=O)c1ccc(COC(C)=O)cc1.CC(=O)OCc1ccc(C2=C(C)C(=O)OC2)cc1.CCC(C)O.[C-]#[N+]CC(=O)OCC.[K+].[OH-]. The molecule has 0 aromatic heterocycles. The second-order valence-electron chi connectivity index (χ2n) is 10.2. The van der Waals surface area contributed by atoms with Crippen LogP contribution in [0.4, 0.5) is 0 Å². The molecule has 15 heteroatoms. The van der Waals surface area contributed by atoms with Gasteiger partial charge in [0.15, 0.2) is 12.4 Å². The number of nitrogens with zero attached hydrogens (tertiary/aromatic N) is 1. The van der Waals surface area contributed by atoms with E-state index < -0.39 is 11.9 Å². The number of rotatable bonds is 11. The number of carbonyl (C=O) groups excluding carboxylic acids is 6. The first-order chi connectivity index (χ1) is 23.1. The van der Waals surface area contributed by atoms with Crippen LogP contribution in [0.5, 0.6) is 0 Å². The summed E-state index contributed by atoms with van der Waals surface area (Å²) in [4.78, 5) is 67.7. The summed E-state index contributed by atoms with van der Waals surface area (Å²) < 4.78 is 23.7. The van der Waals surface area contributed by atoms with Crippen molar-refractivity contribution in [3.05, 3.63) is 87.8 Å². The molecule has 274 valence electrons. The summed E-state index contributed by atoms with van der Waals surface area (Å²) >= 11 is 0. The normalized spacial score (nSPS) is 11.2. The van der Waals surface area contributed by atoms with Gasteiger partial charge in [-0.3, -0.25) is 19.2 Å². The average Bonchev–Trinajstić information content (AvgIpc) is 3.40. The molecule has 3 rings (SSSR count). The fraction of sp³-hybridized carbons (Fsp3) is 0.417. The number of aliphatic hydroxyl groups excluding tert-OH is 1. The number of esters is 5. The van der Waals surface area contributed by atoms with Crippen molar-refractivity contribution < 1.29 is 114 Å². The standard InChI is InChI=1S/C14H14O4.C13H14O5.C5H7NO2.C4H10O.K.H2O/c1-9-13(8-18-14(9)16)12-5-3-11(4-6-12)7-17-10(2)15;1-9(14)17-7-11-3-5-12(6-4-11)13(16)8-18-10(2)15;1-3-8-5(7)4-6-2;1-3-4(2)5;;/h2*3-6H,7-8H2,1-2H3;3-4H2,1H3;4-5H,3H2,1-2H3;;1H2/q;;;;+1;/p-1. The Kier molecular flexibility index (Phi) is 30.3. The van der Waals surface area contributed by atoms with Gasteiger partial charge in [-0.1, -0.05) is 55.5 Å². The molecule has 0 amide bonds. The van der Waals surface area contributed by atoms with Crippen molar-refractivity contribution in [3.8, 4) is 0 Å². The Morgan fingerprint density at radius 2 is 1.29 bits per heavy atom. The van der Waals surface area contributed by atoms with Gasteiger partial charge in [0, 0.05) is 37.5 Å². The second-order valence-corrected chi connectivity index (χ2v) is 10.2. The number of aliphatic hydroxyl groups is 1. The maximum absolute atomic E-state index is 11.6. The molecule has 0 saturated heterocycles. The van der Waals surface area contributed by atoms with Gasteiger partial charge in [0.2, 0.25) is 0 Å². The fourth-order valence-corrected chi connectivity index (χ4v) is 3.26. The second kappa shape index (κ2) is 29.9. The summed E-state index contributed by atoms with van der Waals surface area (Å²) in [5.41, 5.74) is 4.68. The third-order valence-corrected chi connectivity index (χ3v) is 6.08. The maximum Gasteiger partial charge on any atom is 1.00 e. The Morgan fingerprint density at radius 3 is 1.65 bits per heavy atom. The minimum Gasteiger partial charge on any atom is -0.870 e. The first-order valence-corrected chi connectivity index (χ1v) is 15.3. The summed E-state index contributed by atoms with van der Waals surface area (Å²) in [7, 11) is 0. The number of cyclic esters (lactones) is 1. The van der Waals surface area contributed by atoms with E-state index in [0.717, 1.165) is 28.7 Å². The molecule has 1 unspecified atom stereocenters. The number of Topliss-reactive ketones (excluding diaryl/α,β-unsaturated/α-hetero) is 1. The van der Waals surface area contributed by atoms with E-state index in [9.17, 15) is 28.8 Å². The van der Waals surface area contributed by atoms with E-state index in [1.165, 1.54) is 20.8 Å². The Balaban J connectivity index is -0.000000658. The Bertz CT molecular complexity index is 1460. The first kappa shape index (κ1) is 51.6. The van der Waals surface area contributed by atoms with E-state index in [-0.39, 0.29) is 113 Å². The number of ether oxygens (including phenoxy) is 5. The molecule has 0 aliphatic carbocycles. The predicted molar refractivity (Wildman–Crippen MR) is 180 cm³/mol. The summed E-state index contributed by atoms with van der Waals surface area (Å²) in [6.07, 6.45) is 0.745. The Hall–Kier alpha value is -3.75. The van der Waals surface area contributed by atoms with Crippen molar-refractivity contribution in [2.45, 2.75) is 74.2 Å². The molecule has 1 heterocycles. The van der Waals surface area contributed by atoms with Gasteiger partial charge in [-0.05, 0) is 43.9 Å². The summed E-state index contributed by atoms with van der Waals surface area (Å²) in [5, 5.41) is 8.36. The summed E-state index contributed by atoms with van der Waals surface area (Å²) in [5.74, 6) is -2.12.